The molecule has 1 aliphatic heterocycles. The SMILES string of the molecule is CCCc1ccc(S(=O)(=O)NCCCN2CCc3cc(OC)c(OC)cc3C2)cc1. The number of nitrogens with one attached hydrogen (secondary N) is 1. The molecule has 0 spiro atoms. The Balaban J connectivity index is 1.50. The summed E-state index contributed by atoms with van der Waals surface area (Å²) in [5.41, 5.74) is 3.69. The highest BCUT2D eigenvalue weighted by molar-refractivity contribution is 7.89. The third kappa shape index (κ3) is 5.53. The molecule has 0 amide bonds. The number of hydrogen-bond donors (Lipinski definition) is 1. The van der Waals surface area contributed by atoms with Crippen LogP contribution in [0.4, 0.5) is 0 Å². The molecule has 30 heavy (non-hydrogen) atoms. The summed E-state index contributed by atoms with van der Waals surface area (Å²) in [4.78, 5) is 2.68. The van der Waals surface area contributed by atoms with Gasteiger partial charge in [-0.15, -0.1) is 0 Å². The fourth-order valence-electron chi connectivity index (χ4n) is 3.85. The highest BCUT2D eigenvalue weighted by Gasteiger charge is 2.19. The lowest BCUT2D eigenvalue weighted by atomic mass is 9.98. The van der Waals surface area contributed by atoms with Gasteiger partial charge in [-0.1, -0.05) is 25.5 Å². The lowest BCUT2D eigenvalue weighted by Crippen LogP contribution is -2.33. The fourth-order valence-corrected chi connectivity index (χ4v) is 4.92. The van der Waals surface area contributed by atoms with E-state index in [4.69, 9.17) is 9.47 Å². The molecule has 1 N–H and O–H groups in total. The zero-order valence-corrected chi connectivity index (χ0v) is 18.9. The van der Waals surface area contributed by atoms with Crippen LogP contribution in [0, 0.1) is 0 Å². The Bertz CT molecular complexity index is 942. The van der Waals surface area contributed by atoms with Crippen LogP contribution in [-0.2, 0) is 29.4 Å². The molecular formula is C23H32N2O4S. The van der Waals surface area contributed by atoms with Gasteiger partial charge in [-0.2, -0.15) is 0 Å². The number of hydrogen-bond acceptors (Lipinski definition) is 5. The third-order valence-corrected chi connectivity index (χ3v) is 6.99. The zero-order valence-electron chi connectivity index (χ0n) is 18.1. The second kappa shape index (κ2) is 10.3. The van der Waals surface area contributed by atoms with Crippen molar-refractivity contribution in [2.24, 2.45) is 0 Å². The average Bonchev–Trinajstić information content (AvgIpc) is 2.76. The minimum Gasteiger partial charge on any atom is -0.493 e. The second-order valence-corrected chi connectivity index (χ2v) is 9.41. The van der Waals surface area contributed by atoms with Crippen LogP contribution in [0.25, 0.3) is 0 Å². The normalized spacial score (nSPS) is 14.4. The summed E-state index contributed by atoms with van der Waals surface area (Å²) in [6.07, 6.45) is 3.72. The van der Waals surface area contributed by atoms with Crippen molar-refractivity contribution >= 4 is 10.0 Å². The molecule has 1 heterocycles. The summed E-state index contributed by atoms with van der Waals surface area (Å²) in [6.45, 7) is 5.16. The first-order valence-corrected chi connectivity index (χ1v) is 12.0. The molecule has 0 fully saturated rings. The van der Waals surface area contributed by atoms with Crippen molar-refractivity contribution in [3.05, 3.63) is 53.1 Å². The molecule has 2 aromatic rings. The number of aryl methyl sites for hydroxylation is 1. The van der Waals surface area contributed by atoms with Crippen molar-refractivity contribution in [1.29, 1.82) is 0 Å². The smallest absolute Gasteiger partial charge is 0.240 e. The van der Waals surface area contributed by atoms with Gasteiger partial charge in [0.2, 0.25) is 10.0 Å². The lowest BCUT2D eigenvalue weighted by Gasteiger charge is -2.29. The van der Waals surface area contributed by atoms with E-state index in [1.54, 1.807) is 26.4 Å². The minimum absolute atomic E-state index is 0.329. The minimum atomic E-state index is -3.46. The van der Waals surface area contributed by atoms with Gasteiger partial charge in [0, 0.05) is 19.6 Å². The van der Waals surface area contributed by atoms with Gasteiger partial charge in [0.25, 0.3) is 0 Å². The van der Waals surface area contributed by atoms with Crippen LogP contribution < -0.4 is 14.2 Å². The molecule has 7 heteroatoms. The van der Waals surface area contributed by atoms with Crippen molar-refractivity contribution < 1.29 is 17.9 Å². The lowest BCUT2D eigenvalue weighted by molar-refractivity contribution is 0.250. The van der Waals surface area contributed by atoms with Crippen LogP contribution in [0.15, 0.2) is 41.3 Å². The quantitative estimate of drug-likeness (QED) is 0.583. The number of fused-ring (bicyclic) bond motifs is 1. The highest BCUT2D eigenvalue weighted by Crippen LogP contribution is 2.33. The van der Waals surface area contributed by atoms with Gasteiger partial charge in [0.15, 0.2) is 11.5 Å². The summed E-state index contributed by atoms with van der Waals surface area (Å²) in [5.74, 6) is 1.51. The van der Waals surface area contributed by atoms with E-state index in [-0.39, 0.29) is 0 Å². The number of benzene rings is 2. The summed E-state index contributed by atoms with van der Waals surface area (Å²) in [7, 11) is -0.159. The maximum absolute atomic E-state index is 12.5. The molecule has 0 aromatic heterocycles. The van der Waals surface area contributed by atoms with Crippen LogP contribution in [-0.4, -0.2) is 47.2 Å². The molecule has 0 atom stereocenters. The first kappa shape index (κ1) is 22.6. The van der Waals surface area contributed by atoms with Crippen LogP contribution >= 0.6 is 0 Å². The summed E-state index contributed by atoms with van der Waals surface area (Å²) in [5, 5.41) is 0. The second-order valence-electron chi connectivity index (χ2n) is 7.65. The standard InChI is InChI=1S/C23H32N2O4S/c1-4-6-18-7-9-21(10-8-18)30(26,27)24-12-5-13-25-14-11-19-15-22(28-2)23(29-3)16-20(19)17-25/h7-10,15-16,24H,4-6,11-14,17H2,1-3H3. The van der Waals surface area contributed by atoms with Crippen LogP contribution in [0.5, 0.6) is 11.5 Å². The topological polar surface area (TPSA) is 67.9 Å². The van der Waals surface area contributed by atoms with Gasteiger partial charge in [-0.3, -0.25) is 4.90 Å². The first-order chi connectivity index (χ1) is 14.5. The van der Waals surface area contributed by atoms with Gasteiger partial charge < -0.3 is 9.47 Å². The molecule has 164 valence electrons. The van der Waals surface area contributed by atoms with E-state index in [1.807, 2.05) is 18.2 Å². The van der Waals surface area contributed by atoms with E-state index in [0.717, 1.165) is 62.4 Å². The Morgan fingerprint density at radius 1 is 1.03 bits per heavy atom. The van der Waals surface area contributed by atoms with Gasteiger partial charge in [0.1, 0.15) is 0 Å². The third-order valence-electron chi connectivity index (χ3n) is 5.51. The Kier molecular flexibility index (Phi) is 7.75. The predicted molar refractivity (Wildman–Crippen MR) is 119 cm³/mol. The number of methoxy groups -OCH3 is 2. The van der Waals surface area contributed by atoms with Crippen molar-refractivity contribution in [2.45, 2.75) is 44.0 Å². The van der Waals surface area contributed by atoms with Crippen molar-refractivity contribution in [3.8, 4) is 11.5 Å². The van der Waals surface area contributed by atoms with Crippen LogP contribution in [0.3, 0.4) is 0 Å². The number of sulfonamides is 1. The Labute approximate surface area is 180 Å². The molecule has 3 rings (SSSR count). The van der Waals surface area contributed by atoms with Gasteiger partial charge in [0.05, 0.1) is 19.1 Å². The Morgan fingerprint density at radius 3 is 2.33 bits per heavy atom. The predicted octanol–water partition coefficient (Wildman–Crippen LogP) is 3.38. The summed E-state index contributed by atoms with van der Waals surface area (Å²) in [6, 6.07) is 11.3. The number of rotatable bonds is 10. The summed E-state index contributed by atoms with van der Waals surface area (Å²) < 4.78 is 38.5. The molecule has 0 unspecified atom stereocenters. The molecule has 0 aliphatic carbocycles. The van der Waals surface area contributed by atoms with Gasteiger partial charge >= 0.3 is 0 Å². The van der Waals surface area contributed by atoms with E-state index < -0.39 is 10.0 Å². The monoisotopic (exact) mass is 432 g/mol. The molecule has 2 aromatic carbocycles. The largest absolute Gasteiger partial charge is 0.493 e. The van der Waals surface area contributed by atoms with E-state index in [1.165, 1.54) is 11.1 Å². The Hall–Kier alpha value is -2.09. The molecule has 1 aliphatic rings. The molecule has 0 saturated carbocycles. The maximum Gasteiger partial charge on any atom is 0.240 e. The summed E-state index contributed by atoms with van der Waals surface area (Å²) >= 11 is 0. The van der Waals surface area contributed by atoms with E-state index in [2.05, 4.69) is 22.6 Å². The van der Waals surface area contributed by atoms with Crippen molar-refractivity contribution in [3.63, 3.8) is 0 Å². The maximum atomic E-state index is 12.5. The molecule has 0 bridgehead atoms. The molecule has 6 nitrogen and oxygen atoms in total. The van der Waals surface area contributed by atoms with E-state index >= 15 is 0 Å². The number of nitrogens with zero attached hydrogens (tertiary/aromatic N) is 1. The average molecular weight is 433 g/mol. The molecular weight excluding hydrogens is 400 g/mol. The van der Waals surface area contributed by atoms with E-state index in [9.17, 15) is 8.42 Å². The first-order valence-electron chi connectivity index (χ1n) is 10.5. The highest BCUT2D eigenvalue weighted by atomic mass is 32.2. The van der Waals surface area contributed by atoms with Crippen LogP contribution in [0.1, 0.15) is 36.5 Å². The van der Waals surface area contributed by atoms with E-state index in [0.29, 0.717) is 11.4 Å². The van der Waals surface area contributed by atoms with Gasteiger partial charge in [-0.05, 0) is 66.8 Å². The molecule has 0 saturated heterocycles. The van der Waals surface area contributed by atoms with Gasteiger partial charge in [-0.25, -0.2) is 13.1 Å². The van der Waals surface area contributed by atoms with Crippen molar-refractivity contribution in [2.75, 3.05) is 33.9 Å². The number of ether oxygens (including phenoxy) is 2. The molecule has 0 radical (unpaired) electrons. The van der Waals surface area contributed by atoms with Crippen molar-refractivity contribution in [1.82, 2.24) is 9.62 Å². The Morgan fingerprint density at radius 2 is 1.70 bits per heavy atom. The van der Waals surface area contributed by atoms with Crippen LogP contribution in [0.2, 0.25) is 0 Å². The fraction of sp³-hybridized carbons (Fsp3) is 0.478. The zero-order chi connectivity index (χ0) is 21.6.